The second-order valence-electron chi connectivity index (χ2n) is 1.61. The Morgan fingerprint density at radius 3 is 1.00 bits per heavy atom. The number of carbonyl (C=O) groups is 3. The molecule has 0 spiro atoms. The van der Waals surface area contributed by atoms with Crippen molar-refractivity contribution in [3.63, 3.8) is 0 Å². The third kappa shape index (κ3) is 85.8. The molecule has 0 aromatic rings. The Kier molecular flexibility index (Phi) is 28.2. The van der Waals surface area contributed by atoms with Gasteiger partial charge in [0.05, 0.1) is 5.97 Å². The Labute approximate surface area is 105 Å². The summed E-state index contributed by atoms with van der Waals surface area (Å²) in [5.41, 5.74) is 0. The summed E-state index contributed by atoms with van der Waals surface area (Å²) >= 11 is 0. The molecule has 0 aromatic carbocycles. The van der Waals surface area contributed by atoms with Crippen molar-refractivity contribution in [1.82, 2.24) is 0 Å². The van der Waals surface area contributed by atoms with Gasteiger partial charge in [-0.25, -0.2) is 9.59 Å². The molecule has 2 N–H and O–H groups in total. The quantitative estimate of drug-likeness (QED) is 0.529. The van der Waals surface area contributed by atoms with Gasteiger partial charge in [0.25, 0.3) is 0 Å². The maximum atomic E-state index is 9.25. The van der Waals surface area contributed by atoms with Crippen molar-refractivity contribution in [2.45, 2.75) is 0 Å². The van der Waals surface area contributed by atoms with Gasteiger partial charge >= 0.3 is 11.9 Å². The SMILES string of the molecule is C=CC(=O)O.C=CC(=O)O.C=CC(=O)[O-].[Zn]. The molecule has 0 saturated carbocycles. The summed E-state index contributed by atoms with van der Waals surface area (Å²) in [6, 6.07) is 0. The van der Waals surface area contributed by atoms with Crippen molar-refractivity contribution in [3.8, 4) is 0 Å². The largest absolute Gasteiger partial charge is 0.545 e. The zero-order valence-electron chi connectivity index (χ0n) is 8.59. The Morgan fingerprint density at radius 2 is 1.00 bits per heavy atom. The van der Waals surface area contributed by atoms with Crippen LogP contribution in [-0.4, -0.2) is 28.1 Å². The first kappa shape index (κ1) is 23.8. The van der Waals surface area contributed by atoms with Gasteiger partial charge in [0.15, 0.2) is 0 Å². The van der Waals surface area contributed by atoms with Gasteiger partial charge in [-0.3, -0.25) is 0 Å². The molecular formula is C9H11O6Zn-. The van der Waals surface area contributed by atoms with Gasteiger partial charge in [0, 0.05) is 31.6 Å². The molecule has 0 radical (unpaired) electrons. The van der Waals surface area contributed by atoms with Gasteiger partial charge in [-0.15, -0.1) is 0 Å². The molecule has 6 nitrogen and oxygen atoms in total. The number of carboxylic acid groups (broad SMARTS) is 3. The van der Waals surface area contributed by atoms with E-state index in [0.29, 0.717) is 0 Å². The standard InChI is InChI=1S/3C3H4O2.Zn/c3*1-2-3(4)5;/h3*2H,1H2,(H,4,5);/p-1. The Morgan fingerprint density at radius 1 is 0.875 bits per heavy atom. The molecule has 0 aliphatic heterocycles. The number of hydrogen-bond acceptors (Lipinski definition) is 4. The van der Waals surface area contributed by atoms with E-state index in [2.05, 4.69) is 19.7 Å². The van der Waals surface area contributed by atoms with Gasteiger partial charge in [-0.05, 0) is 6.08 Å². The van der Waals surface area contributed by atoms with E-state index in [1.807, 2.05) is 0 Å². The molecule has 7 heteroatoms. The van der Waals surface area contributed by atoms with Crippen LogP contribution in [0.3, 0.4) is 0 Å². The second-order valence-corrected chi connectivity index (χ2v) is 1.61. The first-order valence-electron chi connectivity index (χ1n) is 3.35. The fourth-order valence-corrected chi connectivity index (χ4v) is 0. The average Bonchev–Trinajstić information content (AvgIpc) is 2.19. The summed E-state index contributed by atoms with van der Waals surface area (Å²) in [4.78, 5) is 27.6. The minimum atomic E-state index is -1.23. The molecule has 0 aliphatic rings. The van der Waals surface area contributed by atoms with E-state index in [9.17, 15) is 9.59 Å². The molecule has 0 aromatic heterocycles. The minimum Gasteiger partial charge on any atom is -0.545 e. The predicted octanol–water partition coefficient (Wildman–Crippen LogP) is -0.566. The van der Waals surface area contributed by atoms with Crippen LogP contribution in [0.1, 0.15) is 0 Å². The predicted molar refractivity (Wildman–Crippen MR) is 50.9 cm³/mol. The van der Waals surface area contributed by atoms with E-state index in [1.54, 1.807) is 0 Å². The van der Waals surface area contributed by atoms with Crippen LogP contribution >= 0.6 is 0 Å². The first-order valence-corrected chi connectivity index (χ1v) is 3.35. The third-order valence-electron chi connectivity index (χ3n) is 0.516. The van der Waals surface area contributed by atoms with Crippen molar-refractivity contribution >= 4 is 17.9 Å². The molecule has 0 fully saturated rings. The van der Waals surface area contributed by atoms with Gasteiger partial charge in [-0.2, -0.15) is 0 Å². The van der Waals surface area contributed by atoms with E-state index in [-0.39, 0.29) is 19.5 Å². The molecular weight excluding hydrogens is 269 g/mol. The monoisotopic (exact) mass is 279 g/mol. The van der Waals surface area contributed by atoms with E-state index in [4.69, 9.17) is 20.1 Å². The fourth-order valence-electron chi connectivity index (χ4n) is 0. The summed E-state index contributed by atoms with van der Waals surface area (Å²) in [7, 11) is 0. The van der Waals surface area contributed by atoms with Crippen molar-refractivity contribution in [3.05, 3.63) is 38.0 Å². The summed E-state index contributed by atoms with van der Waals surface area (Å²) in [6.45, 7) is 8.82. The molecule has 0 heterocycles. The number of carboxylic acids is 3. The summed E-state index contributed by atoms with van der Waals surface area (Å²) in [6.07, 6.45) is 2.39. The van der Waals surface area contributed by atoms with Crippen LogP contribution in [0, 0.1) is 0 Å². The maximum absolute atomic E-state index is 9.25. The topological polar surface area (TPSA) is 115 Å². The first-order chi connectivity index (χ1) is 6.81. The van der Waals surface area contributed by atoms with Crippen molar-refractivity contribution in [1.29, 1.82) is 0 Å². The van der Waals surface area contributed by atoms with Crippen molar-refractivity contribution in [2.24, 2.45) is 0 Å². The summed E-state index contributed by atoms with van der Waals surface area (Å²) in [5, 5.41) is 24.3. The van der Waals surface area contributed by atoms with Crippen LogP contribution < -0.4 is 5.11 Å². The van der Waals surface area contributed by atoms with Crippen LogP contribution in [0.25, 0.3) is 0 Å². The van der Waals surface area contributed by atoms with Crippen molar-refractivity contribution in [2.75, 3.05) is 0 Å². The van der Waals surface area contributed by atoms with Crippen LogP contribution in [0.4, 0.5) is 0 Å². The van der Waals surface area contributed by atoms with E-state index >= 15 is 0 Å². The van der Waals surface area contributed by atoms with Crippen LogP contribution in [0.5, 0.6) is 0 Å². The molecule has 0 amide bonds. The Balaban J connectivity index is -0.0000000655. The smallest absolute Gasteiger partial charge is 0.327 e. The molecule has 0 aliphatic carbocycles. The Hall–Kier alpha value is -1.75. The van der Waals surface area contributed by atoms with E-state index in [1.165, 1.54) is 0 Å². The van der Waals surface area contributed by atoms with Gasteiger partial charge in [-0.1, -0.05) is 19.7 Å². The summed E-state index contributed by atoms with van der Waals surface area (Å²) < 4.78 is 0. The fraction of sp³-hybridized carbons (Fsp3) is 0. The van der Waals surface area contributed by atoms with Gasteiger partial charge in [0.2, 0.25) is 0 Å². The molecule has 86 valence electrons. The zero-order valence-corrected chi connectivity index (χ0v) is 11.6. The van der Waals surface area contributed by atoms with Crippen LogP contribution in [0.15, 0.2) is 38.0 Å². The molecule has 0 rings (SSSR count). The summed E-state index contributed by atoms with van der Waals surface area (Å²) in [5.74, 6) is -3.19. The van der Waals surface area contributed by atoms with E-state index in [0.717, 1.165) is 18.2 Å². The Bertz CT molecular complexity index is 216. The number of carbonyl (C=O) groups excluding carboxylic acids is 1. The van der Waals surface area contributed by atoms with Crippen LogP contribution in [0.2, 0.25) is 0 Å². The average molecular weight is 281 g/mol. The number of aliphatic carboxylic acids is 3. The molecule has 0 unspecified atom stereocenters. The minimum absolute atomic E-state index is 0. The zero-order chi connectivity index (χ0) is 12.9. The second kappa shape index (κ2) is 18.9. The normalized spacial score (nSPS) is 6.00. The van der Waals surface area contributed by atoms with E-state index < -0.39 is 17.9 Å². The molecule has 0 saturated heterocycles. The van der Waals surface area contributed by atoms with Gasteiger partial charge < -0.3 is 20.1 Å². The van der Waals surface area contributed by atoms with Crippen LogP contribution in [-0.2, 0) is 33.9 Å². The number of hydrogen-bond donors (Lipinski definition) is 2. The van der Waals surface area contributed by atoms with Gasteiger partial charge in [0.1, 0.15) is 0 Å². The molecule has 0 atom stereocenters. The maximum Gasteiger partial charge on any atom is 0.327 e. The van der Waals surface area contributed by atoms with Crippen molar-refractivity contribution < 1.29 is 49.2 Å². The third-order valence-corrected chi connectivity index (χ3v) is 0.516. The molecule has 16 heavy (non-hydrogen) atoms. The molecule has 0 bridgehead atoms. The number of rotatable bonds is 3.